The Balaban J connectivity index is 1.83. The topological polar surface area (TPSA) is 63.8 Å². The molecule has 0 aliphatic heterocycles. The molecule has 5 nitrogen and oxygen atoms in total. The van der Waals surface area contributed by atoms with Crippen molar-refractivity contribution < 1.29 is 13.9 Å². The van der Waals surface area contributed by atoms with E-state index < -0.39 is 0 Å². The molecule has 0 aliphatic carbocycles. The second-order valence-corrected chi connectivity index (χ2v) is 5.27. The molecule has 1 amide bonds. The average Bonchev–Trinajstić information content (AvgIpc) is 3.01. The van der Waals surface area contributed by atoms with Crippen molar-refractivity contribution in [1.82, 2.24) is 5.43 Å². The third-order valence-corrected chi connectivity index (χ3v) is 2.98. The van der Waals surface area contributed by atoms with E-state index in [0.29, 0.717) is 23.8 Å². The molecule has 0 fully saturated rings. The number of carbonyl (C=O) groups is 1. The van der Waals surface area contributed by atoms with Crippen LogP contribution < -0.4 is 10.2 Å². The third kappa shape index (κ3) is 5.09. The predicted octanol–water partition coefficient (Wildman–Crippen LogP) is 3.47. The predicted molar refractivity (Wildman–Crippen MR) is 85.2 cm³/mol. The molecule has 0 radical (unpaired) electrons. The first kappa shape index (κ1) is 15.8. The van der Waals surface area contributed by atoms with Gasteiger partial charge in [0.1, 0.15) is 11.5 Å². The molecule has 2 rings (SSSR count). The number of hydrogen-bond acceptors (Lipinski definition) is 4. The Kier molecular flexibility index (Phi) is 5.77. The quantitative estimate of drug-likeness (QED) is 0.629. The molecule has 5 heteroatoms. The van der Waals surface area contributed by atoms with Crippen LogP contribution in [0.15, 0.2) is 52.2 Å². The summed E-state index contributed by atoms with van der Waals surface area (Å²) in [6, 6.07) is 10.5. The van der Waals surface area contributed by atoms with Crippen molar-refractivity contribution in [3.8, 4) is 5.75 Å². The standard InChI is InChI=1S/C17H20N2O3/c1-13(2)9-11-22-15-7-5-14(6-8-15)17(20)19-18-12-16-4-3-10-21-16/h3-8,10,12-13H,9,11H2,1-2H3,(H,19,20). The molecule has 0 unspecified atom stereocenters. The Bertz CT molecular complexity index is 601. The van der Waals surface area contributed by atoms with Crippen LogP contribution in [-0.2, 0) is 0 Å². The van der Waals surface area contributed by atoms with Crippen molar-refractivity contribution in [2.24, 2.45) is 11.0 Å². The van der Waals surface area contributed by atoms with Gasteiger partial charge in [0, 0.05) is 5.56 Å². The van der Waals surface area contributed by atoms with Gasteiger partial charge >= 0.3 is 0 Å². The summed E-state index contributed by atoms with van der Waals surface area (Å²) < 4.78 is 10.7. The van der Waals surface area contributed by atoms with Crippen LogP contribution in [0.3, 0.4) is 0 Å². The number of hydrazone groups is 1. The number of ether oxygens (including phenoxy) is 1. The molecular formula is C17H20N2O3. The minimum atomic E-state index is -0.281. The van der Waals surface area contributed by atoms with Crippen LogP contribution in [0.5, 0.6) is 5.75 Å². The number of nitrogens with zero attached hydrogens (tertiary/aromatic N) is 1. The number of hydrogen-bond donors (Lipinski definition) is 1. The van der Waals surface area contributed by atoms with Crippen LogP contribution in [0.1, 0.15) is 36.4 Å². The minimum Gasteiger partial charge on any atom is -0.494 e. The van der Waals surface area contributed by atoms with Gasteiger partial charge in [0.2, 0.25) is 0 Å². The summed E-state index contributed by atoms with van der Waals surface area (Å²) in [6.45, 7) is 4.98. The van der Waals surface area contributed by atoms with E-state index in [1.165, 1.54) is 6.21 Å². The molecule has 0 bridgehead atoms. The van der Waals surface area contributed by atoms with Crippen LogP contribution in [0.2, 0.25) is 0 Å². The zero-order valence-electron chi connectivity index (χ0n) is 12.8. The maximum Gasteiger partial charge on any atom is 0.271 e. The molecule has 0 saturated carbocycles. The normalized spacial score (nSPS) is 11.0. The van der Waals surface area contributed by atoms with Crippen LogP contribution in [0.25, 0.3) is 0 Å². The van der Waals surface area contributed by atoms with Crippen molar-refractivity contribution >= 4 is 12.1 Å². The molecule has 0 aliphatic rings. The Morgan fingerprint density at radius 1 is 1.32 bits per heavy atom. The van der Waals surface area contributed by atoms with Crippen molar-refractivity contribution in [2.75, 3.05) is 6.61 Å². The molecule has 2 aromatic rings. The van der Waals surface area contributed by atoms with E-state index in [0.717, 1.165) is 12.2 Å². The Morgan fingerprint density at radius 3 is 2.73 bits per heavy atom. The summed E-state index contributed by atoms with van der Waals surface area (Å²) in [4.78, 5) is 11.9. The number of rotatable bonds is 7. The van der Waals surface area contributed by atoms with Crippen LogP contribution >= 0.6 is 0 Å². The average molecular weight is 300 g/mol. The first-order chi connectivity index (χ1) is 10.6. The van der Waals surface area contributed by atoms with Crippen LogP contribution in [0, 0.1) is 5.92 Å². The van der Waals surface area contributed by atoms with Gasteiger partial charge in [-0.1, -0.05) is 13.8 Å². The van der Waals surface area contributed by atoms with E-state index in [-0.39, 0.29) is 5.91 Å². The van der Waals surface area contributed by atoms with Gasteiger partial charge in [0.15, 0.2) is 0 Å². The molecule has 1 N–H and O–H groups in total. The van der Waals surface area contributed by atoms with Gasteiger partial charge in [-0.25, -0.2) is 5.43 Å². The number of benzene rings is 1. The molecule has 116 valence electrons. The van der Waals surface area contributed by atoms with Gasteiger partial charge in [0.05, 0.1) is 19.1 Å². The van der Waals surface area contributed by atoms with Gasteiger partial charge in [0.25, 0.3) is 5.91 Å². The summed E-state index contributed by atoms with van der Waals surface area (Å²) >= 11 is 0. The molecular weight excluding hydrogens is 280 g/mol. The number of amides is 1. The monoisotopic (exact) mass is 300 g/mol. The highest BCUT2D eigenvalue weighted by Gasteiger charge is 2.04. The second-order valence-electron chi connectivity index (χ2n) is 5.27. The Morgan fingerprint density at radius 2 is 2.09 bits per heavy atom. The molecule has 0 spiro atoms. The maximum atomic E-state index is 11.9. The van der Waals surface area contributed by atoms with Gasteiger partial charge in [-0.2, -0.15) is 5.10 Å². The fourth-order valence-electron chi connectivity index (χ4n) is 1.70. The van der Waals surface area contributed by atoms with Crippen LogP contribution in [0.4, 0.5) is 0 Å². The summed E-state index contributed by atoms with van der Waals surface area (Å²) in [7, 11) is 0. The summed E-state index contributed by atoms with van der Waals surface area (Å²) in [5.41, 5.74) is 2.97. The van der Waals surface area contributed by atoms with Crippen molar-refractivity contribution in [3.05, 3.63) is 54.0 Å². The molecule has 1 aromatic carbocycles. The molecule has 1 aromatic heterocycles. The van der Waals surface area contributed by atoms with E-state index in [4.69, 9.17) is 9.15 Å². The van der Waals surface area contributed by atoms with Crippen molar-refractivity contribution in [3.63, 3.8) is 0 Å². The van der Waals surface area contributed by atoms with Crippen LogP contribution in [-0.4, -0.2) is 18.7 Å². The van der Waals surface area contributed by atoms with E-state index in [1.54, 1.807) is 42.7 Å². The maximum absolute atomic E-state index is 11.9. The van der Waals surface area contributed by atoms with Crippen molar-refractivity contribution in [1.29, 1.82) is 0 Å². The molecule has 1 heterocycles. The lowest BCUT2D eigenvalue weighted by Gasteiger charge is -2.08. The fraction of sp³-hybridized carbons (Fsp3) is 0.294. The van der Waals surface area contributed by atoms with Crippen molar-refractivity contribution in [2.45, 2.75) is 20.3 Å². The SMILES string of the molecule is CC(C)CCOc1ccc(C(=O)NN=Cc2ccco2)cc1. The lowest BCUT2D eigenvalue weighted by Crippen LogP contribution is -2.17. The zero-order chi connectivity index (χ0) is 15.8. The summed E-state index contributed by atoms with van der Waals surface area (Å²) in [5, 5.41) is 3.83. The molecule has 22 heavy (non-hydrogen) atoms. The number of nitrogens with one attached hydrogen (secondary N) is 1. The smallest absolute Gasteiger partial charge is 0.271 e. The second kappa shape index (κ2) is 8.02. The number of furan rings is 1. The van der Waals surface area contributed by atoms with Gasteiger partial charge < -0.3 is 9.15 Å². The third-order valence-electron chi connectivity index (χ3n) is 2.98. The largest absolute Gasteiger partial charge is 0.494 e. The first-order valence-corrected chi connectivity index (χ1v) is 7.25. The lowest BCUT2D eigenvalue weighted by molar-refractivity contribution is 0.0955. The van der Waals surface area contributed by atoms with Gasteiger partial charge in [-0.15, -0.1) is 0 Å². The lowest BCUT2D eigenvalue weighted by atomic mass is 10.1. The summed E-state index contributed by atoms with van der Waals surface area (Å²) in [6.07, 6.45) is 3.99. The first-order valence-electron chi connectivity index (χ1n) is 7.25. The van der Waals surface area contributed by atoms with E-state index >= 15 is 0 Å². The Hall–Kier alpha value is -2.56. The zero-order valence-corrected chi connectivity index (χ0v) is 12.8. The summed E-state index contributed by atoms with van der Waals surface area (Å²) in [5.74, 6) is 1.67. The minimum absolute atomic E-state index is 0.281. The van der Waals surface area contributed by atoms with Gasteiger partial charge in [-0.05, 0) is 48.7 Å². The fourth-order valence-corrected chi connectivity index (χ4v) is 1.70. The highest BCUT2D eigenvalue weighted by Crippen LogP contribution is 2.13. The van der Waals surface area contributed by atoms with E-state index in [1.807, 2.05) is 0 Å². The van der Waals surface area contributed by atoms with E-state index in [9.17, 15) is 4.79 Å². The molecule has 0 atom stereocenters. The van der Waals surface area contributed by atoms with Gasteiger partial charge in [-0.3, -0.25) is 4.79 Å². The number of carbonyl (C=O) groups excluding carboxylic acids is 1. The Labute approximate surface area is 130 Å². The molecule has 0 saturated heterocycles. The van der Waals surface area contributed by atoms with E-state index in [2.05, 4.69) is 24.4 Å². The highest BCUT2D eigenvalue weighted by molar-refractivity contribution is 5.94. The highest BCUT2D eigenvalue weighted by atomic mass is 16.5.